The van der Waals surface area contributed by atoms with Crippen molar-refractivity contribution in [2.75, 3.05) is 11.9 Å². The van der Waals surface area contributed by atoms with Gasteiger partial charge in [0.05, 0.1) is 18.4 Å². The van der Waals surface area contributed by atoms with Crippen LogP contribution in [0.2, 0.25) is 0 Å². The van der Waals surface area contributed by atoms with Gasteiger partial charge in [-0.1, -0.05) is 12.1 Å². The maximum atomic E-state index is 12.3. The monoisotopic (exact) mass is 407 g/mol. The molecule has 7 nitrogen and oxygen atoms in total. The number of anilines is 1. The molecule has 3 amide bonds. The first-order valence-corrected chi connectivity index (χ1v) is 8.60. The number of alkyl halides is 3. The minimum atomic E-state index is -4.46. The van der Waals surface area contributed by atoms with Crippen molar-refractivity contribution < 1.29 is 32.3 Å². The average Bonchev–Trinajstić information content (AvgIpc) is 2.99. The van der Waals surface area contributed by atoms with Crippen molar-refractivity contribution in [3.05, 3.63) is 53.7 Å². The molecule has 0 unspecified atom stereocenters. The summed E-state index contributed by atoms with van der Waals surface area (Å²) in [5.41, 5.74) is 1.31. The Morgan fingerprint density at radius 1 is 1.07 bits per heavy atom. The Hall–Kier alpha value is -3.43. The van der Waals surface area contributed by atoms with Crippen molar-refractivity contribution in [2.24, 2.45) is 0 Å². The van der Waals surface area contributed by atoms with E-state index in [1.807, 2.05) is 0 Å². The number of likely N-dealkylation sites (tertiary alicyclic amines) is 1. The highest BCUT2D eigenvalue weighted by molar-refractivity contribution is 6.04. The summed E-state index contributed by atoms with van der Waals surface area (Å²) in [5.74, 6) is -1.09. The topological polar surface area (TPSA) is 88.6 Å². The van der Waals surface area contributed by atoms with Crippen molar-refractivity contribution in [1.29, 1.82) is 0 Å². The van der Waals surface area contributed by atoms with E-state index in [0.29, 0.717) is 11.1 Å². The molecule has 152 valence electrons. The zero-order valence-electron chi connectivity index (χ0n) is 15.0. The SMILES string of the molecule is O=C(Nc1ccc(OCC(F)(F)F)nc1)c1ccc(CN2C(=O)CCC2=O)cc1. The van der Waals surface area contributed by atoms with Crippen molar-refractivity contribution in [2.45, 2.75) is 25.6 Å². The number of benzene rings is 1. The molecular formula is C19H16F3N3O4. The Bertz CT molecular complexity index is 896. The fraction of sp³-hybridized carbons (Fsp3) is 0.263. The molecule has 1 aliphatic heterocycles. The number of nitrogens with zero attached hydrogens (tertiary/aromatic N) is 2. The molecule has 1 aliphatic rings. The Morgan fingerprint density at radius 3 is 2.28 bits per heavy atom. The van der Waals surface area contributed by atoms with Gasteiger partial charge in [-0.15, -0.1) is 0 Å². The fourth-order valence-corrected chi connectivity index (χ4v) is 2.64. The van der Waals surface area contributed by atoms with E-state index in [9.17, 15) is 27.6 Å². The van der Waals surface area contributed by atoms with E-state index in [0.717, 1.165) is 0 Å². The van der Waals surface area contributed by atoms with Crippen LogP contribution >= 0.6 is 0 Å². The number of carbonyl (C=O) groups excluding carboxylic acids is 3. The summed E-state index contributed by atoms with van der Waals surface area (Å²) >= 11 is 0. The summed E-state index contributed by atoms with van der Waals surface area (Å²) < 4.78 is 40.8. The van der Waals surface area contributed by atoms with E-state index in [1.54, 1.807) is 24.3 Å². The summed E-state index contributed by atoms with van der Waals surface area (Å²) in [6.07, 6.45) is -2.85. The van der Waals surface area contributed by atoms with Gasteiger partial charge in [0.2, 0.25) is 17.7 Å². The standard InChI is InChI=1S/C19H16F3N3O4/c20-19(21,22)11-29-15-6-5-14(9-23-15)24-18(28)13-3-1-12(2-4-13)10-25-16(26)7-8-17(25)27/h1-6,9H,7-8,10-11H2,(H,24,28). The predicted octanol–water partition coefficient (Wildman–Crippen LogP) is 2.92. The Kier molecular flexibility index (Phi) is 5.81. The maximum Gasteiger partial charge on any atom is 0.422 e. The molecular weight excluding hydrogens is 391 g/mol. The number of rotatable bonds is 6. The number of hydrogen-bond acceptors (Lipinski definition) is 5. The van der Waals surface area contributed by atoms with Gasteiger partial charge in [0.1, 0.15) is 0 Å². The smallest absolute Gasteiger partial charge is 0.422 e. The molecule has 0 radical (unpaired) electrons. The summed E-state index contributed by atoms with van der Waals surface area (Å²) in [4.78, 5) is 40.5. The number of aromatic nitrogens is 1. The lowest BCUT2D eigenvalue weighted by Crippen LogP contribution is -2.28. The molecule has 1 aromatic heterocycles. The van der Waals surface area contributed by atoms with Crippen molar-refractivity contribution in [3.8, 4) is 5.88 Å². The van der Waals surface area contributed by atoms with Gasteiger partial charge in [-0.3, -0.25) is 19.3 Å². The number of imide groups is 1. The second-order valence-electron chi connectivity index (χ2n) is 6.31. The molecule has 3 rings (SSSR count). The van der Waals surface area contributed by atoms with Crippen molar-refractivity contribution in [1.82, 2.24) is 9.88 Å². The van der Waals surface area contributed by atoms with Crippen LogP contribution in [0.5, 0.6) is 5.88 Å². The first-order valence-electron chi connectivity index (χ1n) is 8.60. The van der Waals surface area contributed by atoms with Crippen LogP contribution in [0.3, 0.4) is 0 Å². The van der Waals surface area contributed by atoms with Crippen LogP contribution < -0.4 is 10.1 Å². The molecule has 0 spiro atoms. The third kappa shape index (κ3) is 5.53. The van der Waals surface area contributed by atoms with Crippen LogP contribution in [0.25, 0.3) is 0 Å². The van der Waals surface area contributed by atoms with Gasteiger partial charge in [-0.2, -0.15) is 13.2 Å². The van der Waals surface area contributed by atoms with Crippen molar-refractivity contribution in [3.63, 3.8) is 0 Å². The number of amides is 3. The van der Waals surface area contributed by atoms with E-state index in [1.165, 1.54) is 23.2 Å². The normalized spacial score (nSPS) is 14.2. The molecule has 0 atom stereocenters. The molecule has 1 saturated heterocycles. The minimum absolute atomic E-state index is 0.156. The summed E-state index contributed by atoms with van der Waals surface area (Å²) in [7, 11) is 0. The van der Waals surface area contributed by atoms with Crippen molar-refractivity contribution >= 4 is 23.4 Å². The van der Waals surface area contributed by atoms with Gasteiger partial charge in [0.25, 0.3) is 5.91 Å². The summed E-state index contributed by atoms with van der Waals surface area (Å²) in [6, 6.07) is 8.96. The van der Waals surface area contributed by atoms with Gasteiger partial charge >= 0.3 is 6.18 Å². The number of nitrogens with one attached hydrogen (secondary N) is 1. The molecule has 1 N–H and O–H groups in total. The van der Waals surface area contributed by atoms with Crippen LogP contribution in [0.4, 0.5) is 18.9 Å². The van der Waals surface area contributed by atoms with Crippen LogP contribution in [-0.2, 0) is 16.1 Å². The van der Waals surface area contributed by atoms with E-state index in [-0.39, 0.29) is 42.8 Å². The Balaban J connectivity index is 1.56. The fourth-order valence-electron chi connectivity index (χ4n) is 2.64. The van der Waals surface area contributed by atoms with Gasteiger partial charge < -0.3 is 10.1 Å². The molecule has 0 aliphatic carbocycles. The molecule has 2 heterocycles. The summed E-state index contributed by atoms with van der Waals surface area (Å²) in [5, 5.41) is 2.57. The highest BCUT2D eigenvalue weighted by atomic mass is 19.4. The highest BCUT2D eigenvalue weighted by Gasteiger charge is 2.29. The van der Waals surface area contributed by atoms with Crippen LogP contribution in [0.1, 0.15) is 28.8 Å². The highest BCUT2D eigenvalue weighted by Crippen LogP contribution is 2.19. The maximum absolute atomic E-state index is 12.3. The van der Waals surface area contributed by atoms with Crippen LogP contribution in [0.15, 0.2) is 42.6 Å². The summed E-state index contributed by atoms with van der Waals surface area (Å²) in [6.45, 7) is -1.30. The Labute approximate surface area is 163 Å². The second kappa shape index (κ2) is 8.29. The number of carbonyl (C=O) groups is 3. The van der Waals surface area contributed by atoms with E-state index < -0.39 is 18.7 Å². The average molecular weight is 407 g/mol. The molecule has 10 heteroatoms. The second-order valence-corrected chi connectivity index (χ2v) is 6.31. The van der Waals surface area contributed by atoms with E-state index >= 15 is 0 Å². The largest absolute Gasteiger partial charge is 0.468 e. The molecule has 0 saturated carbocycles. The minimum Gasteiger partial charge on any atom is -0.468 e. The van der Waals surface area contributed by atoms with Gasteiger partial charge in [0, 0.05) is 24.5 Å². The lowest BCUT2D eigenvalue weighted by molar-refractivity contribution is -0.154. The first kappa shape index (κ1) is 20.3. The number of pyridine rings is 1. The molecule has 1 aromatic carbocycles. The third-order valence-electron chi connectivity index (χ3n) is 4.09. The van der Waals surface area contributed by atoms with Gasteiger partial charge in [-0.05, 0) is 23.8 Å². The molecule has 1 fully saturated rings. The quantitative estimate of drug-likeness (QED) is 0.744. The van der Waals surface area contributed by atoms with E-state index in [2.05, 4.69) is 15.0 Å². The van der Waals surface area contributed by atoms with Gasteiger partial charge in [-0.25, -0.2) is 4.98 Å². The lowest BCUT2D eigenvalue weighted by atomic mass is 10.1. The van der Waals surface area contributed by atoms with E-state index in [4.69, 9.17) is 0 Å². The van der Waals surface area contributed by atoms with Crippen LogP contribution in [-0.4, -0.2) is 40.4 Å². The predicted molar refractivity (Wildman–Crippen MR) is 95.0 cm³/mol. The lowest BCUT2D eigenvalue weighted by Gasteiger charge is -2.14. The third-order valence-corrected chi connectivity index (χ3v) is 4.09. The number of ether oxygens (including phenoxy) is 1. The first-order chi connectivity index (χ1) is 13.7. The Morgan fingerprint density at radius 2 is 1.72 bits per heavy atom. The number of halogens is 3. The van der Waals surface area contributed by atoms with Crippen LogP contribution in [0, 0.1) is 0 Å². The number of hydrogen-bond donors (Lipinski definition) is 1. The zero-order chi connectivity index (χ0) is 21.0. The zero-order valence-corrected chi connectivity index (χ0v) is 15.0. The molecule has 0 bridgehead atoms. The van der Waals surface area contributed by atoms with Gasteiger partial charge in [0.15, 0.2) is 6.61 Å². The molecule has 2 aromatic rings. The molecule has 29 heavy (non-hydrogen) atoms.